The summed E-state index contributed by atoms with van der Waals surface area (Å²) in [5, 5.41) is 1.42. The van der Waals surface area contributed by atoms with Crippen molar-refractivity contribution in [2.75, 3.05) is 6.54 Å². The number of fused-ring (bicyclic) bond motifs is 1. The van der Waals surface area contributed by atoms with Crippen LogP contribution in [0.25, 0.3) is 10.8 Å². The monoisotopic (exact) mass is 455 g/mol. The van der Waals surface area contributed by atoms with E-state index in [9.17, 15) is 18.0 Å². The first-order chi connectivity index (χ1) is 14.9. The number of hydrogen-bond acceptors (Lipinski definition) is 5. The molecule has 160 valence electrons. The molecule has 0 spiro atoms. The topological polar surface area (TPSA) is 95.6 Å². The molecule has 2 N–H and O–H groups in total. The Morgan fingerprint density at radius 2 is 1.58 bits per heavy atom. The highest BCUT2D eigenvalue weighted by Crippen LogP contribution is 2.30. The van der Waals surface area contributed by atoms with Crippen LogP contribution in [0.5, 0.6) is 0 Å². The first-order valence-electron chi connectivity index (χ1n) is 9.70. The third-order valence-corrected chi connectivity index (χ3v) is 7.44. The van der Waals surface area contributed by atoms with Crippen LogP contribution in [0.3, 0.4) is 0 Å². The van der Waals surface area contributed by atoms with Crippen LogP contribution in [0.15, 0.2) is 77.7 Å². The SMILES string of the molecule is O=C(NNC(=O)[C@@H]1C[C@@H](S)CN1S(=O)(=O)c1ccc2ccccc2c1)c1ccccc1. The van der Waals surface area contributed by atoms with Crippen molar-refractivity contribution in [1.82, 2.24) is 15.2 Å². The van der Waals surface area contributed by atoms with Gasteiger partial charge in [-0.3, -0.25) is 20.4 Å². The molecule has 1 heterocycles. The van der Waals surface area contributed by atoms with E-state index < -0.39 is 27.9 Å². The number of nitrogens with zero attached hydrogens (tertiary/aromatic N) is 1. The van der Waals surface area contributed by atoms with E-state index in [2.05, 4.69) is 23.5 Å². The number of amides is 2. The van der Waals surface area contributed by atoms with E-state index >= 15 is 0 Å². The minimum Gasteiger partial charge on any atom is -0.271 e. The van der Waals surface area contributed by atoms with Gasteiger partial charge in [0.2, 0.25) is 10.0 Å². The predicted octanol–water partition coefficient (Wildman–Crippen LogP) is 2.36. The van der Waals surface area contributed by atoms with Gasteiger partial charge in [-0.25, -0.2) is 8.42 Å². The quantitative estimate of drug-likeness (QED) is 0.416. The van der Waals surface area contributed by atoms with Crippen LogP contribution in [-0.2, 0) is 14.8 Å². The number of hydrogen-bond donors (Lipinski definition) is 3. The van der Waals surface area contributed by atoms with Gasteiger partial charge in [0.15, 0.2) is 0 Å². The Kier molecular flexibility index (Phi) is 5.99. The van der Waals surface area contributed by atoms with Crippen LogP contribution in [0.1, 0.15) is 16.8 Å². The highest BCUT2D eigenvalue weighted by molar-refractivity contribution is 7.89. The number of hydrazine groups is 1. The predicted molar refractivity (Wildman–Crippen MR) is 121 cm³/mol. The number of nitrogens with one attached hydrogen (secondary N) is 2. The largest absolute Gasteiger partial charge is 0.271 e. The number of benzene rings is 3. The van der Waals surface area contributed by atoms with E-state index in [4.69, 9.17) is 0 Å². The molecule has 0 bridgehead atoms. The van der Waals surface area contributed by atoms with Crippen LogP contribution in [0.4, 0.5) is 0 Å². The van der Waals surface area contributed by atoms with Crippen LogP contribution in [0, 0.1) is 0 Å². The molecule has 0 unspecified atom stereocenters. The zero-order chi connectivity index (χ0) is 22.0. The van der Waals surface area contributed by atoms with E-state index in [1.165, 1.54) is 6.07 Å². The van der Waals surface area contributed by atoms with Crippen molar-refractivity contribution in [1.29, 1.82) is 0 Å². The Labute approximate surface area is 185 Å². The van der Waals surface area contributed by atoms with Gasteiger partial charge in [-0.1, -0.05) is 48.5 Å². The van der Waals surface area contributed by atoms with Gasteiger partial charge in [-0.05, 0) is 41.5 Å². The lowest BCUT2D eigenvalue weighted by Gasteiger charge is -2.23. The summed E-state index contributed by atoms with van der Waals surface area (Å²) in [5.41, 5.74) is 5.07. The maximum atomic E-state index is 13.3. The van der Waals surface area contributed by atoms with Gasteiger partial charge in [0.1, 0.15) is 6.04 Å². The third-order valence-electron chi connectivity index (χ3n) is 5.20. The van der Waals surface area contributed by atoms with Gasteiger partial charge in [0.05, 0.1) is 4.90 Å². The Bertz CT molecular complexity index is 1230. The van der Waals surface area contributed by atoms with Crippen molar-refractivity contribution in [3.05, 3.63) is 78.4 Å². The lowest BCUT2D eigenvalue weighted by molar-refractivity contribution is -0.124. The molecule has 0 saturated carbocycles. The first kappa shape index (κ1) is 21.4. The smallest absolute Gasteiger partial charge is 0.269 e. The van der Waals surface area contributed by atoms with E-state index in [1.54, 1.807) is 42.5 Å². The molecular weight excluding hydrogens is 434 g/mol. The van der Waals surface area contributed by atoms with Crippen molar-refractivity contribution < 1.29 is 18.0 Å². The van der Waals surface area contributed by atoms with E-state index in [0.717, 1.165) is 15.1 Å². The summed E-state index contributed by atoms with van der Waals surface area (Å²) in [6, 6.07) is 19.8. The van der Waals surface area contributed by atoms with Crippen LogP contribution < -0.4 is 10.9 Å². The van der Waals surface area contributed by atoms with E-state index in [1.807, 2.05) is 24.3 Å². The molecule has 3 aromatic rings. The maximum Gasteiger partial charge on any atom is 0.269 e. The second-order valence-electron chi connectivity index (χ2n) is 7.30. The van der Waals surface area contributed by atoms with Crippen molar-refractivity contribution in [2.24, 2.45) is 0 Å². The van der Waals surface area contributed by atoms with Crippen molar-refractivity contribution in [2.45, 2.75) is 22.6 Å². The fraction of sp³-hybridized carbons (Fsp3) is 0.182. The Hall–Kier alpha value is -2.88. The Morgan fingerprint density at radius 1 is 0.903 bits per heavy atom. The normalized spacial score (nSPS) is 19.3. The van der Waals surface area contributed by atoms with Crippen molar-refractivity contribution >= 4 is 45.2 Å². The van der Waals surface area contributed by atoms with Gasteiger partial charge in [-0.2, -0.15) is 16.9 Å². The summed E-state index contributed by atoms with van der Waals surface area (Å²) in [6.45, 7) is 0.100. The molecule has 1 aliphatic rings. The molecule has 2 amide bonds. The molecule has 1 saturated heterocycles. The zero-order valence-electron chi connectivity index (χ0n) is 16.4. The van der Waals surface area contributed by atoms with Crippen LogP contribution in [0.2, 0.25) is 0 Å². The molecule has 3 aromatic carbocycles. The number of thiol groups is 1. The minimum absolute atomic E-state index is 0.100. The summed E-state index contributed by atoms with van der Waals surface area (Å²) in [4.78, 5) is 25.1. The van der Waals surface area contributed by atoms with Crippen molar-refractivity contribution in [3.63, 3.8) is 0 Å². The molecule has 31 heavy (non-hydrogen) atoms. The number of carbonyl (C=O) groups excluding carboxylic acids is 2. The van der Waals surface area contributed by atoms with Gasteiger partial charge < -0.3 is 0 Å². The molecule has 1 fully saturated rings. The van der Waals surface area contributed by atoms with E-state index in [0.29, 0.717) is 5.56 Å². The average Bonchev–Trinajstić information content (AvgIpc) is 3.20. The summed E-state index contributed by atoms with van der Waals surface area (Å²) < 4.78 is 27.8. The highest BCUT2D eigenvalue weighted by Gasteiger charge is 2.43. The minimum atomic E-state index is -3.94. The fourth-order valence-electron chi connectivity index (χ4n) is 3.61. The number of rotatable bonds is 4. The summed E-state index contributed by atoms with van der Waals surface area (Å²) in [7, 11) is -3.94. The summed E-state index contributed by atoms with van der Waals surface area (Å²) in [5.74, 6) is -1.09. The second kappa shape index (κ2) is 8.70. The molecular formula is C22H21N3O4S2. The Balaban J connectivity index is 1.53. The first-order valence-corrected chi connectivity index (χ1v) is 11.7. The zero-order valence-corrected chi connectivity index (χ0v) is 18.1. The summed E-state index contributed by atoms with van der Waals surface area (Å²) >= 11 is 4.40. The molecule has 0 radical (unpaired) electrons. The highest BCUT2D eigenvalue weighted by atomic mass is 32.2. The second-order valence-corrected chi connectivity index (χ2v) is 9.92. The summed E-state index contributed by atoms with van der Waals surface area (Å²) in [6.07, 6.45) is 0.239. The molecule has 0 aromatic heterocycles. The van der Waals surface area contributed by atoms with Gasteiger partial charge >= 0.3 is 0 Å². The Morgan fingerprint density at radius 3 is 2.32 bits per heavy atom. The maximum absolute atomic E-state index is 13.3. The average molecular weight is 456 g/mol. The standard InChI is InChI=1S/C22H21N3O4S2/c26-21(16-7-2-1-3-8-16)23-24-22(27)20-13-18(30)14-25(20)31(28,29)19-11-10-15-6-4-5-9-17(15)12-19/h1-12,18,20,30H,13-14H2,(H,23,26)(H,24,27)/t18-,20+/m1/s1. The van der Waals surface area contributed by atoms with Gasteiger partial charge in [0.25, 0.3) is 11.8 Å². The molecule has 1 aliphatic heterocycles. The van der Waals surface area contributed by atoms with Gasteiger partial charge in [0, 0.05) is 17.4 Å². The molecule has 9 heteroatoms. The fourth-order valence-corrected chi connectivity index (χ4v) is 5.78. The number of carbonyl (C=O) groups is 2. The lowest BCUT2D eigenvalue weighted by Crippen LogP contribution is -2.51. The van der Waals surface area contributed by atoms with E-state index in [-0.39, 0.29) is 23.1 Å². The van der Waals surface area contributed by atoms with Crippen LogP contribution in [-0.4, -0.2) is 42.4 Å². The molecule has 2 atom stereocenters. The molecule has 7 nitrogen and oxygen atoms in total. The van der Waals surface area contributed by atoms with Crippen LogP contribution >= 0.6 is 12.6 Å². The molecule has 4 rings (SSSR count). The lowest BCUT2D eigenvalue weighted by atomic mass is 10.1. The van der Waals surface area contributed by atoms with Crippen molar-refractivity contribution in [3.8, 4) is 0 Å². The number of sulfonamides is 1. The molecule has 0 aliphatic carbocycles. The van der Waals surface area contributed by atoms with Gasteiger partial charge in [-0.15, -0.1) is 0 Å². The third kappa shape index (κ3) is 4.43.